The van der Waals surface area contributed by atoms with Crippen molar-refractivity contribution in [3.63, 3.8) is 0 Å². The molecule has 4 rings (SSSR count). The van der Waals surface area contributed by atoms with Crippen LogP contribution < -0.4 is 5.32 Å². The van der Waals surface area contributed by atoms with Crippen LogP contribution in [0, 0.1) is 0 Å². The van der Waals surface area contributed by atoms with E-state index in [4.69, 9.17) is 0 Å². The van der Waals surface area contributed by atoms with Crippen LogP contribution in [0.5, 0.6) is 0 Å². The molecule has 7 nitrogen and oxygen atoms in total. The third-order valence-electron chi connectivity index (χ3n) is 4.57. The molecule has 0 aliphatic carbocycles. The van der Waals surface area contributed by atoms with Gasteiger partial charge in [-0.1, -0.05) is 48.6 Å². The topological polar surface area (TPSA) is 92.3 Å². The Bertz CT molecular complexity index is 1090. The number of nitrogens with zero attached hydrogens (tertiary/aromatic N) is 3. The number of thiophene rings is 1. The maximum atomic E-state index is 13.2. The first-order chi connectivity index (χ1) is 13.5. The summed E-state index contributed by atoms with van der Waals surface area (Å²) < 4.78 is 27.9. The largest absolute Gasteiger partial charge is 0.299 e. The summed E-state index contributed by atoms with van der Waals surface area (Å²) in [5.41, 5.74) is 1.89. The molecule has 1 aliphatic rings. The summed E-state index contributed by atoms with van der Waals surface area (Å²) in [4.78, 5) is 13.0. The van der Waals surface area contributed by atoms with Gasteiger partial charge in [-0.2, -0.15) is 4.31 Å². The Morgan fingerprint density at radius 3 is 2.68 bits per heavy atom. The van der Waals surface area contributed by atoms with Gasteiger partial charge < -0.3 is 0 Å². The zero-order valence-electron chi connectivity index (χ0n) is 15.0. The number of sulfonamides is 1. The first-order valence-corrected chi connectivity index (χ1v) is 11.9. The molecule has 28 heavy (non-hydrogen) atoms. The van der Waals surface area contributed by atoms with Crippen molar-refractivity contribution < 1.29 is 13.2 Å². The minimum Gasteiger partial charge on any atom is -0.299 e. The third kappa shape index (κ3) is 3.60. The van der Waals surface area contributed by atoms with Crippen LogP contribution >= 0.6 is 22.7 Å². The normalized spacial score (nSPS) is 17.2. The van der Waals surface area contributed by atoms with E-state index in [1.54, 1.807) is 17.5 Å². The molecule has 1 atom stereocenters. The van der Waals surface area contributed by atoms with Crippen LogP contribution in [-0.2, 0) is 34.2 Å². The molecule has 10 heteroatoms. The number of carbonyl (C=O) groups is 1. The molecule has 0 radical (unpaired) electrons. The number of aryl methyl sites for hydroxylation is 1. The fraction of sp³-hybridized carbons (Fsp3) is 0.278. The number of anilines is 1. The summed E-state index contributed by atoms with van der Waals surface area (Å²) in [5, 5.41) is 13.6. The standard InChI is InChI=1S/C18H18N4O3S3/c1-2-15-20-21-18(27-15)19-17(23)14-10-12-6-3-4-7-13(12)11-22(14)28(24,25)16-8-5-9-26-16/h3-9,14H,2,10-11H2,1H3,(H,19,21,23)/t14-/m0/s1. The van der Waals surface area contributed by atoms with E-state index in [2.05, 4.69) is 15.5 Å². The number of amides is 1. The third-order valence-corrected chi connectivity index (χ3v) is 8.78. The lowest BCUT2D eigenvalue weighted by Crippen LogP contribution is -2.50. The van der Waals surface area contributed by atoms with E-state index in [9.17, 15) is 13.2 Å². The van der Waals surface area contributed by atoms with Gasteiger partial charge in [0.15, 0.2) is 0 Å². The van der Waals surface area contributed by atoms with Crippen molar-refractivity contribution in [1.82, 2.24) is 14.5 Å². The predicted molar refractivity (Wildman–Crippen MR) is 109 cm³/mol. The number of carbonyl (C=O) groups excluding carboxylic acids is 1. The van der Waals surface area contributed by atoms with Gasteiger partial charge in [-0.05, 0) is 35.4 Å². The van der Waals surface area contributed by atoms with Crippen molar-refractivity contribution in [1.29, 1.82) is 0 Å². The minimum atomic E-state index is -3.79. The number of benzene rings is 1. The van der Waals surface area contributed by atoms with Gasteiger partial charge in [0.2, 0.25) is 11.0 Å². The van der Waals surface area contributed by atoms with Crippen LogP contribution in [-0.4, -0.2) is 34.9 Å². The zero-order chi connectivity index (χ0) is 19.7. The van der Waals surface area contributed by atoms with Crippen LogP contribution in [0.15, 0.2) is 46.0 Å². The summed E-state index contributed by atoms with van der Waals surface area (Å²) in [6.07, 6.45) is 1.04. The number of nitrogens with one attached hydrogen (secondary N) is 1. The lowest BCUT2D eigenvalue weighted by molar-refractivity contribution is -0.120. The van der Waals surface area contributed by atoms with Crippen LogP contribution in [0.4, 0.5) is 5.13 Å². The molecule has 1 N–H and O–H groups in total. The highest BCUT2D eigenvalue weighted by molar-refractivity contribution is 7.91. The molecule has 1 aliphatic heterocycles. The molecular weight excluding hydrogens is 416 g/mol. The van der Waals surface area contributed by atoms with E-state index < -0.39 is 22.0 Å². The number of fused-ring (bicyclic) bond motifs is 1. The highest BCUT2D eigenvalue weighted by Crippen LogP contribution is 2.31. The zero-order valence-corrected chi connectivity index (χ0v) is 17.5. The minimum absolute atomic E-state index is 0.158. The second-order valence-electron chi connectivity index (χ2n) is 6.31. The molecular formula is C18H18N4O3S3. The monoisotopic (exact) mass is 434 g/mol. The van der Waals surface area contributed by atoms with Crippen LogP contribution in [0.2, 0.25) is 0 Å². The molecule has 0 fully saturated rings. The molecule has 0 saturated heterocycles. The van der Waals surface area contributed by atoms with Crippen molar-refractivity contribution in [3.8, 4) is 0 Å². The quantitative estimate of drug-likeness (QED) is 0.667. The Hall–Kier alpha value is -2.14. The molecule has 0 unspecified atom stereocenters. The first-order valence-electron chi connectivity index (χ1n) is 8.74. The molecule has 1 amide bonds. The van der Waals surface area contributed by atoms with Gasteiger partial charge in [-0.25, -0.2) is 8.42 Å². The van der Waals surface area contributed by atoms with Crippen molar-refractivity contribution >= 4 is 43.7 Å². The van der Waals surface area contributed by atoms with E-state index in [0.717, 1.165) is 33.9 Å². The van der Waals surface area contributed by atoms with Gasteiger partial charge >= 0.3 is 0 Å². The smallest absolute Gasteiger partial charge is 0.253 e. The Kier molecular flexibility index (Phi) is 5.28. The van der Waals surface area contributed by atoms with Gasteiger partial charge in [0.05, 0.1) is 0 Å². The fourth-order valence-electron chi connectivity index (χ4n) is 3.14. The van der Waals surface area contributed by atoms with Crippen LogP contribution in [0.3, 0.4) is 0 Å². The average Bonchev–Trinajstić information content (AvgIpc) is 3.39. The molecule has 3 aromatic rings. The summed E-state index contributed by atoms with van der Waals surface area (Å²) in [6.45, 7) is 2.12. The highest BCUT2D eigenvalue weighted by atomic mass is 32.2. The molecule has 3 heterocycles. The van der Waals surface area contributed by atoms with E-state index in [1.807, 2.05) is 31.2 Å². The lowest BCUT2D eigenvalue weighted by Gasteiger charge is -2.34. The molecule has 0 bridgehead atoms. The molecule has 0 saturated carbocycles. The van der Waals surface area contributed by atoms with Crippen LogP contribution in [0.25, 0.3) is 0 Å². The summed E-state index contributed by atoms with van der Waals surface area (Å²) in [7, 11) is -3.79. The molecule has 146 valence electrons. The lowest BCUT2D eigenvalue weighted by atomic mass is 9.95. The van der Waals surface area contributed by atoms with E-state index >= 15 is 0 Å². The summed E-state index contributed by atoms with van der Waals surface area (Å²) >= 11 is 2.44. The van der Waals surface area contributed by atoms with Gasteiger partial charge in [0.25, 0.3) is 10.0 Å². The van der Waals surface area contributed by atoms with Gasteiger partial charge in [0.1, 0.15) is 15.3 Å². The second-order valence-corrected chi connectivity index (χ2v) is 10.4. The Morgan fingerprint density at radius 2 is 2.00 bits per heavy atom. The summed E-state index contributed by atoms with van der Waals surface area (Å²) in [6, 6.07) is 10.0. The molecule has 2 aromatic heterocycles. The van der Waals surface area contributed by atoms with E-state index in [-0.39, 0.29) is 10.8 Å². The van der Waals surface area contributed by atoms with Crippen molar-refractivity contribution in [2.75, 3.05) is 5.32 Å². The maximum absolute atomic E-state index is 13.2. The average molecular weight is 435 g/mol. The Morgan fingerprint density at radius 1 is 1.21 bits per heavy atom. The van der Waals surface area contributed by atoms with Gasteiger partial charge in [-0.3, -0.25) is 10.1 Å². The van der Waals surface area contributed by atoms with E-state index in [0.29, 0.717) is 11.6 Å². The van der Waals surface area contributed by atoms with Gasteiger partial charge in [-0.15, -0.1) is 21.5 Å². The van der Waals surface area contributed by atoms with Crippen molar-refractivity contribution in [2.45, 2.75) is 36.6 Å². The van der Waals surface area contributed by atoms with E-state index in [1.165, 1.54) is 15.6 Å². The number of aromatic nitrogens is 2. The van der Waals surface area contributed by atoms with Gasteiger partial charge in [0, 0.05) is 6.54 Å². The second kappa shape index (κ2) is 7.70. The van der Waals surface area contributed by atoms with Crippen LogP contribution in [0.1, 0.15) is 23.1 Å². The Balaban J connectivity index is 1.68. The van der Waals surface area contributed by atoms with Crippen molar-refractivity contribution in [3.05, 3.63) is 57.9 Å². The maximum Gasteiger partial charge on any atom is 0.253 e. The predicted octanol–water partition coefficient (Wildman–Crippen LogP) is 2.92. The SMILES string of the molecule is CCc1nnc(NC(=O)[C@@H]2Cc3ccccc3CN2S(=O)(=O)c2cccs2)s1. The summed E-state index contributed by atoms with van der Waals surface area (Å²) in [5.74, 6) is -0.395. The number of hydrogen-bond acceptors (Lipinski definition) is 7. The molecule has 0 spiro atoms. The highest BCUT2D eigenvalue weighted by Gasteiger charge is 2.40. The number of rotatable bonds is 5. The first kappa shape index (κ1) is 19.2. The Labute approximate surface area is 171 Å². The van der Waals surface area contributed by atoms with Crippen molar-refractivity contribution in [2.24, 2.45) is 0 Å². The molecule has 1 aromatic carbocycles. The number of hydrogen-bond donors (Lipinski definition) is 1. The fourth-order valence-corrected chi connectivity index (χ4v) is 6.50.